The fourth-order valence-electron chi connectivity index (χ4n) is 3.52. The number of para-hydroxylation sites is 1. The maximum atomic E-state index is 13.0. The zero-order chi connectivity index (χ0) is 21.7. The van der Waals surface area contributed by atoms with Crippen LogP contribution in [0.2, 0.25) is 0 Å². The van der Waals surface area contributed by atoms with Crippen molar-refractivity contribution in [3.63, 3.8) is 0 Å². The minimum Gasteiger partial charge on any atom is -0.466 e. The van der Waals surface area contributed by atoms with E-state index >= 15 is 0 Å². The lowest BCUT2D eigenvalue weighted by Gasteiger charge is -2.31. The second-order valence-corrected chi connectivity index (χ2v) is 9.15. The van der Waals surface area contributed by atoms with Gasteiger partial charge >= 0.3 is 5.97 Å². The van der Waals surface area contributed by atoms with E-state index in [1.807, 2.05) is 6.07 Å². The first-order valence-electron chi connectivity index (χ1n) is 9.94. The number of ether oxygens (including phenoxy) is 1. The molecule has 0 N–H and O–H groups in total. The Bertz CT molecular complexity index is 1010. The fourth-order valence-corrected chi connectivity index (χ4v) is 4.76. The molecule has 2 aromatic carbocycles. The fraction of sp³-hybridized carbons (Fsp3) is 0.364. The number of nitrogens with zero attached hydrogens (tertiary/aromatic N) is 2. The maximum absolute atomic E-state index is 13.0. The van der Waals surface area contributed by atoms with Gasteiger partial charge in [0.25, 0.3) is 15.9 Å². The second kappa shape index (κ2) is 9.30. The number of amides is 1. The zero-order valence-electron chi connectivity index (χ0n) is 17.2. The molecule has 2 aromatic rings. The number of sulfonamides is 1. The van der Waals surface area contributed by atoms with Crippen molar-refractivity contribution in [3.8, 4) is 0 Å². The predicted octanol–water partition coefficient (Wildman–Crippen LogP) is 2.93. The van der Waals surface area contributed by atoms with Crippen molar-refractivity contribution in [3.05, 3.63) is 60.2 Å². The summed E-state index contributed by atoms with van der Waals surface area (Å²) in [7, 11) is -2.34. The van der Waals surface area contributed by atoms with E-state index in [1.165, 1.54) is 23.5 Å². The van der Waals surface area contributed by atoms with Crippen molar-refractivity contribution < 1.29 is 22.7 Å². The van der Waals surface area contributed by atoms with Gasteiger partial charge in [-0.25, -0.2) is 8.42 Å². The van der Waals surface area contributed by atoms with Crippen LogP contribution in [0.25, 0.3) is 0 Å². The Morgan fingerprint density at radius 3 is 2.57 bits per heavy atom. The second-order valence-electron chi connectivity index (χ2n) is 7.18. The van der Waals surface area contributed by atoms with Crippen molar-refractivity contribution in [1.29, 1.82) is 0 Å². The summed E-state index contributed by atoms with van der Waals surface area (Å²) < 4.78 is 32.3. The van der Waals surface area contributed by atoms with Crippen LogP contribution in [0.3, 0.4) is 0 Å². The Morgan fingerprint density at radius 1 is 1.13 bits per heavy atom. The van der Waals surface area contributed by atoms with Crippen LogP contribution in [0, 0.1) is 5.92 Å². The molecule has 1 amide bonds. The average Bonchev–Trinajstić information content (AvgIpc) is 2.79. The molecular weight excluding hydrogens is 404 g/mol. The van der Waals surface area contributed by atoms with Crippen LogP contribution in [-0.4, -0.2) is 51.9 Å². The summed E-state index contributed by atoms with van der Waals surface area (Å²) in [5, 5.41) is 0. The van der Waals surface area contributed by atoms with E-state index in [4.69, 9.17) is 4.74 Å². The zero-order valence-corrected chi connectivity index (χ0v) is 18.0. The van der Waals surface area contributed by atoms with E-state index in [1.54, 1.807) is 48.2 Å². The molecule has 3 rings (SSSR count). The van der Waals surface area contributed by atoms with Crippen LogP contribution in [-0.2, 0) is 19.6 Å². The molecule has 0 aliphatic carbocycles. The van der Waals surface area contributed by atoms with Gasteiger partial charge in [-0.1, -0.05) is 24.3 Å². The molecule has 1 heterocycles. The van der Waals surface area contributed by atoms with Crippen molar-refractivity contribution >= 4 is 27.6 Å². The molecule has 0 spiro atoms. The summed E-state index contributed by atoms with van der Waals surface area (Å²) in [6.45, 7) is 2.86. The highest BCUT2D eigenvalue weighted by atomic mass is 32.2. The normalized spacial score (nSPS) is 16.7. The largest absolute Gasteiger partial charge is 0.466 e. The standard InChI is InChI=1S/C22H26N2O5S/c1-3-29-22(26)18-10-8-14-24(16-18)21(25)17-9-7-13-20(15-17)30(27,28)23(2)19-11-5-4-6-12-19/h4-7,9,11-13,15,18H,3,8,10,14,16H2,1-2H3/t18-/m0/s1. The monoisotopic (exact) mass is 430 g/mol. The maximum Gasteiger partial charge on any atom is 0.310 e. The molecular formula is C22H26N2O5S. The SMILES string of the molecule is CCOC(=O)[C@H]1CCCN(C(=O)c2cccc(S(=O)(=O)N(C)c3ccccc3)c2)C1. The van der Waals surface area contributed by atoms with Crippen molar-refractivity contribution in [1.82, 2.24) is 4.90 Å². The number of carbonyl (C=O) groups excluding carboxylic acids is 2. The van der Waals surface area contributed by atoms with Crippen molar-refractivity contribution in [2.75, 3.05) is 31.0 Å². The van der Waals surface area contributed by atoms with E-state index in [0.717, 1.165) is 0 Å². The topological polar surface area (TPSA) is 84.0 Å². The Balaban J connectivity index is 1.81. The van der Waals surface area contributed by atoms with Crippen LogP contribution >= 0.6 is 0 Å². The first-order chi connectivity index (χ1) is 14.3. The van der Waals surface area contributed by atoms with Gasteiger partial charge in [0.1, 0.15) is 0 Å². The summed E-state index contributed by atoms with van der Waals surface area (Å²) in [5.41, 5.74) is 0.810. The molecule has 1 saturated heterocycles. The van der Waals surface area contributed by atoms with Crippen LogP contribution in [0.1, 0.15) is 30.1 Å². The van der Waals surface area contributed by atoms with E-state index in [0.29, 0.717) is 31.7 Å². The molecule has 7 nitrogen and oxygen atoms in total. The molecule has 0 unspecified atom stereocenters. The minimum absolute atomic E-state index is 0.0404. The molecule has 0 aromatic heterocycles. The molecule has 1 atom stereocenters. The highest BCUT2D eigenvalue weighted by Crippen LogP contribution is 2.24. The van der Waals surface area contributed by atoms with Gasteiger partial charge in [-0.3, -0.25) is 13.9 Å². The van der Waals surface area contributed by atoms with Gasteiger partial charge in [0.05, 0.1) is 23.1 Å². The van der Waals surface area contributed by atoms with Gasteiger partial charge in [0.2, 0.25) is 0 Å². The quantitative estimate of drug-likeness (QED) is 0.658. The third kappa shape index (κ3) is 4.64. The number of rotatable bonds is 6. The lowest BCUT2D eigenvalue weighted by molar-refractivity contribution is -0.149. The molecule has 30 heavy (non-hydrogen) atoms. The van der Waals surface area contributed by atoms with Crippen LogP contribution in [0.15, 0.2) is 59.5 Å². The molecule has 1 fully saturated rings. The third-order valence-electron chi connectivity index (χ3n) is 5.19. The number of hydrogen-bond acceptors (Lipinski definition) is 5. The van der Waals surface area contributed by atoms with E-state index in [-0.39, 0.29) is 34.8 Å². The van der Waals surface area contributed by atoms with Crippen molar-refractivity contribution in [2.45, 2.75) is 24.7 Å². The Kier molecular flexibility index (Phi) is 6.77. The van der Waals surface area contributed by atoms with Gasteiger partial charge in [-0.05, 0) is 50.1 Å². The highest BCUT2D eigenvalue weighted by molar-refractivity contribution is 7.92. The van der Waals surface area contributed by atoms with E-state index < -0.39 is 10.0 Å². The molecule has 160 valence electrons. The van der Waals surface area contributed by atoms with E-state index in [9.17, 15) is 18.0 Å². The summed E-state index contributed by atoms with van der Waals surface area (Å²) >= 11 is 0. The number of anilines is 1. The Hall–Kier alpha value is -2.87. The molecule has 0 radical (unpaired) electrons. The average molecular weight is 431 g/mol. The minimum atomic E-state index is -3.82. The number of piperidine rings is 1. The smallest absolute Gasteiger partial charge is 0.310 e. The Morgan fingerprint density at radius 2 is 1.87 bits per heavy atom. The molecule has 0 bridgehead atoms. The van der Waals surface area contributed by atoms with Crippen LogP contribution in [0.5, 0.6) is 0 Å². The Labute approximate surface area is 177 Å². The number of benzene rings is 2. The van der Waals surface area contributed by atoms with Gasteiger partial charge in [0, 0.05) is 25.7 Å². The number of likely N-dealkylation sites (tertiary alicyclic amines) is 1. The lowest BCUT2D eigenvalue weighted by atomic mass is 9.97. The molecule has 1 aliphatic heterocycles. The predicted molar refractivity (Wildman–Crippen MR) is 114 cm³/mol. The molecule has 1 aliphatic rings. The number of esters is 1. The first kappa shape index (κ1) is 21.8. The van der Waals surface area contributed by atoms with Gasteiger partial charge in [-0.15, -0.1) is 0 Å². The summed E-state index contributed by atoms with van der Waals surface area (Å²) in [5.74, 6) is -0.932. The number of hydrogen-bond donors (Lipinski definition) is 0. The first-order valence-corrected chi connectivity index (χ1v) is 11.4. The summed E-state index contributed by atoms with van der Waals surface area (Å²) in [4.78, 5) is 26.7. The van der Waals surface area contributed by atoms with Crippen molar-refractivity contribution in [2.24, 2.45) is 5.92 Å². The summed E-state index contributed by atoms with van der Waals surface area (Å²) in [6, 6.07) is 14.8. The lowest BCUT2D eigenvalue weighted by Crippen LogP contribution is -2.42. The van der Waals surface area contributed by atoms with Gasteiger partial charge < -0.3 is 9.64 Å². The van der Waals surface area contributed by atoms with Crippen LogP contribution in [0.4, 0.5) is 5.69 Å². The third-order valence-corrected chi connectivity index (χ3v) is 6.97. The van der Waals surface area contributed by atoms with E-state index in [2.05, 4.69) is 0 Å². The van der Waals surface area contributed by atoms with Gasteiger partial charge in [-0.2, -0.15) is 0 Å². The summed E-state index contributed by atoms with van der Waals surface area (Å²) in [6.07, 6.45) is 1.38. The van der Waals surface area contributed by atoms with Crippen LogP contribution < -0.4 is 4.31 Å². The number of carbonyl (C=O) groups is 2. The molecule has 0 saturated carbocycles. The molecule has 8 heteroatoms. The van der Waals surface area contributed by atoms with Gasteiger partial charge in [0.15, 0.2) is 0 Å². The highest BCUT2D eigenvalue weighted by Gasteiger charge is 2.30.